The molecule has 134 valence electrons. The lowest BCUT2D eigenvalue weighted by Crippen LogP contribution is -2.22. The van der Waals surface area contributed by atoms with E-state index in [0.29, 0.717) is 32.8 Å². The van der Waals surface area contributed by atoms with Gasteiger partial charge >= 0.3 is 0 Å². The van der Waals surface area contributed by atoms with Gasteiger partial charge in [0.25, 0.3) is 11.5 Å². The van der Waals surface area contributed by atoms with Crippen LogP contribution in [0.5, 0.6) is 0 Å². The summed E-state index contributed by atoms with van der Waals surface area (Å²) in [5.74, 6) is 0.378. The van der Waals surface area contributed by atoms with Crippen molar-refractivity contribution >= 4 is 38.4 Å². The molecule has 0 atom stereocenters. The number of carbonyl (C=O) groups is 1. The molecule has 2 aromatic carbocycles. The van der Waals surface area contributed by atoms with Gasteiger partial charge in [0.15, 0.2) is 10.4 Å². The maximum absolute atomic E-state index is 12.9. The lowest BCUT2D eigenvalue weighted by molar-refractivity contribution is 0.0995. The molecule has 0 saturated carbocycles. The van der Waals surface area contributed by atoms with Gasteiger partial charge in [0.2, 0.25) is 0 Å². The number of halogens is 1. The Balaban J connectivity index is 1.74. The van der Waals surface area contributed by atoms with E-state index in [9.17, 15) is 9.59 Å². The zero-order chi connectivity index (χ0) is 19.0. The summed E-state index contributed by atoms with van der Waals surface area (Å²) in [5, 5.41) is 3.31. The third-order valence-corrected chi connectivity index (χ3v) is 4.53. The monoisotopic (exact) mass is 423 g/mol. The number of amides is 1. The molecule has 0 aliphatic heterocycles. The van der Waals surface area contributed by atoms with E-state index in [4.69, 9.17) is 4.42 Å². The number of nitrogens with zero attached hydrogens (tertiary/aromatic N) is 2. The van der Waals surface area contributed by atoms with E-state index in [1.807, 2.05) is 18.2 Å². The number of para-hydroxylation sites is 1. The van der Waals surface area contributed by atoms with Crippen LogP contribution in [0.1, 0.15) is 16.4 Å². The van der Waals surface area contributed by atoms with Crippen LogP contribution in [0.3, 0.4) is 0 Å². The Morgan fingerprint density at radius 3 is 2.70 bits per heavy atom. The van der Waals surface area contributed by atoms with Gasteiger partial charge in [-0.3, -0.25) is 14.2 Å². The molecule has 1 N–H and O–H groups in total. The van der Waals surface area contributed by atoms with Crippen LogP contribution in [0, 0.1) is 6.92 Å². The van der Waals surface area contributed by atoms with Gasteiger partial charge in [-0.2, -0.15) is 0 Å². The molecule has 0 radical (unpaired) electrons. The molecule has 6 nitrogen and oxygen atoms in total. The molecule has 0 unspecified atom stereocenters. The van der Waals surface area contributed by atoms with Crippen molar-refractivity contribution in [1.29, 1.82) is 0 Å². The topological polar surface area (TPSA) is 77.1 Å². The summed E-state index contributed by atoms with van der Waals surface area (Å²) in [7, 11) is 0. The van der Waals surface area contributed by atoms with Crippen molar-refractivity contribution in [2.45, 2.75) is 6.92 Å². The molecule has 2 aromatic heterocycles. The zero-order valence-electron chi connectivity index (χ0n) is 14.3. The van der Waals surface area contributed by atoms with Gasteiger partial charge in [0, 0.05) is 5.69 Å². The van der Waals surface area contributed by atoms with Gasteiger partial charge in [0.1, 0.15) is 5.82 Å². The largest absolute Gasteiger partial charge is 0.444 e. The number of carbonyl (C=O) groups excluding carboxylic acids is 1. The Morgan fingerprint density at radius 2 is 1.93 bits per heavy atom. The number of fused-ring (bicyclic) bond motifs is 1. The summed E-state index contributed by atoms with van der Waals surface area (Å²) in [4.78, 5) is 29.7. The molecule has 0 bridgehead atoms. The highest BCUT2D eigenvalue weighted by atomic mass is 79.9. The summed E-state index contributed by atoms with van der Waals surface area (Å²) in [6.07, 6.45) is 0. The summed E-state index contributed by atoms with van der Waals surface area (Å²) in [6.45, 7) is 1.78. The minimum atomic E-state index is -0.376. The highest BCUT2D eigenvalue weighted by Crippen LogP contribution is 2.19. The van der Waals surface area contributed by atoms with Crippen molar-refractivity contribution < 1.29 is 9.21 Å². The molecule has 0 aliphatic rings. The van der Waals surface area contributed by atoms with Crippen LogP contribution in [0.15, 0.2) is 74.5 Å². The molecule has 1 amide bonds. The van der Waals surface area contributed by atoms with Crippen molar-refractivity contribution in [2.24, 2.45) is 0 Å². The molecule has 0 aliphatic carbocycles. The lowest BCUT2D eigenvalue weighted by Gasteiger charge is -2.12. The molecule has 4 rings (SSSR count). The van der Waals surface area contributed by atoms with E-state index in [0.717, 1.165) is 0 Å². The van der Waals surface area contributed by atoms with Gasteiger partial charge in [-0.05, 0) is 65.3 Å². The Labute approximate surface area is 162 Å². The average molecular weight is 424 g/mol. The first-order valence-corrected chi connectivity index (χ1v) is 8.98. The first-order valence-electron chi connectivity index (χ1n) is 8.18. The Kier molecular flexibility index (Phi) is 4.37. The number of furan rings is 1. The standard InChI is InChI=1S/C20H14BrN3O3/c1-12-22-16-8-3-2-7-15(16)20(26)24(12)14-6-4-5-13(11-14)23-19(25)17-9-10-18(21)27-17/h2-11H,1H3,(H,23,25). The van der Waals surface area contributed by atoms with Crippen LogP contribution < -0.4 is 10.9 Å². The summed E-state index contributed by atoms with van der Waals surface area (Å²) < 4.78 is 7.27. The number of anilines is 1. The fraction of sp³-hybridized carbons (Fsp3) is 0.0500. The predicted octanol–water partition coefficient (Wildman–Crippen LogP) is 4.30. The normalized spacial score (nSPS) is 10.9. The quantitative estimate of drug-likeness (QED) is 0.532. The first kappa shape index (κ1) is 17.2. The van der Waals surface area contributed by atoms with E-state index in [2.05, 4.69) is 26.2 Å². The van der Waals surface area contributed by atoms with Crippen molar-refractivity contribution in [3.05, 3.63) is 87.3 Å². The smallest absolute Gasteiger partial charge is 0.291 e. The summed E-state index contributed by atoms with van der Waals surface area (Å²) >= 11 is 3.17. The number of aromatic nitrogens is 2. The number of benzene rings is 2. The fourth-order valence-corrected chi connectivity index (χ4v) is 3.21. The number of rotatable bonds is 3. The second-order valence-electron chi connectivity index (χ2n) is 5.92. The molecule has 27 heavy (non-hydrogen) atoms. The second kappa shape index (κ2) is 6.85. The molecule has 4 aromatic rings. The summed E-state index contributed by atoms with van der Waals surface area (Å²) in [6, 6.07) is 17.5. The molecule has 0 saturated heterocycles. The predicted molar refractivity (Wildman–Crippen MR) is 106 cm³/mol. The van der Waals surface area contributed by atoms with Crippen molar-refractivity contribution in [3.63, 3.8) is 0 Å². The average Bonchev–Trinajstić information content (AvgIpc) is 3.09. The van der Waals surface area contributed by atoms with Gasteiger partial charge < -0.3 is 9.73 Å². The van der Waals surface area contributed by atoms with Crippen molar-refractivity contribution in [3.8, 4) is 5.69 Å². The minimum Gasteiger partial charge on any atom is -0.444 e. The van der Waals surface area contributed by atoms with Gasteiger partial charge in [-0.15, -0.1) is 0 Å². The number of aryl methyl sites for hydroxylation is 1. The fourth-order valence-electron chi connectivity index (χ4n) is 2.90. The minimum absolute atomic E-state index is 0.156. The van der Waals surface area contributed by atoms with Crippen molar-refractivity contribution in [1.82, 2.24) is 9.55 Å². The van der Waals surface area contributed by atoms with Gasteiger partial charge in [-0.25, -0.2) is 4.98 Å². The van der Waals surface area contributed by atoms with Gasteiger partial charge in [0.05, 0.1) is 16.6 Å². The lowest BCUT2D eigenvalue weighted by atomic mass is 10.2. The highest BCUT2D eigenvalue weighted by Gasteiger charge is 2.13. The Bertz CT molecular complexity index is 1230. The molecule has 2 heterocycles. The van der Waals surface area contributed by atoms with E-state index in [-0.39, 0.29) is 17.2 Å². The molecular weight excluding hydrogens is 410 g/mol. The number of hydrogen-bond donors (Lipinski definition) is 1. The van der Waals surface area contributed by atoms with Crippen molar-refractivity contribution in [2.75, 3.05) is 5.32 Å². The van der Waals surface area contributed by atoms with Crippen LogP contribution in [0.2, 0.25) is 0 Å². The third-order valence-electron chi connectivity index (χ3n) is 4.10. The van der Waals surface area contributed by atoms with Crippen LogP contribution in [0.4, 0.5) is 5.69 Å². The van der Waals surface area contributed by atoms with Crippen LogP contribution in [-0.2, 0) is 0 Å². The maximum Gasteiger partial charge on any atom is 0.291 e. The van der Waals surface area contributed by atoms with Crippen LogP contribution in [0.25, 0.3) is 16.6 Å². The highest BCUT2D eigenvalue weighted by molar-refractivity contribution is 9.10. The van der Waals surface area contributed by atoms with E-state index < -0.39 is 0 Å². The summed E-state index contributed by atoms with van der Waals surface area (Å²) in [5.41, 5.74) is 1.67. The van der Waals surface area contributed by atoms with E-state index in [1.54, 1.807) is 49.4 Å². The molecular formula is C20H14BrN3O3. The van der Waals surface area contributed by atoms with E-state index >= 15 is 0 Å². The Morgan fingerprint density at radius 1 is 1.11 bits per heavy atom. The molecule has 7 heteroatoms. The van der Waals surface area contributed by atoms with Crippen LogP contribution >= 0.6 is 15.9 Å². The van der Waals surface area contributed by atoms with Gasteiger partial charge in [-0.1, -0.05) is 18.2 Å². The zero-order valence-corrected chi connectivity index (χ0v) is 15.9. The maximum atomic E-state index is 12.9. The number of hydrogen-bond acceptors (Lipinski definition) is 4. The van der Waals surface area contributed by atoms with E-state index in [1.165, 1.54) is 4.57 Å². The third kappa shape index (κ3) is 3.29. The number of nitrogens with one attached hydrogen (secondary N) is 1. The Hall–Kier alpha value is -3.19. The van der Waals surface area contributed by atoms with Crippen LogP contribution in [-0.4, -0.2) is 15.5 Å². The first-order chi connectivity index (χ1) is 13.0. The second-order valence-corrected chi connectivity index (χ2v) is 6.71. The molecule has 0 spiro atoms. The SMILES string of the molecule is Cc1nc2ccccc2c(=O)n1-c1cccc(NC(=O)c2ccc(Br)o2)c1. The molecule has 0 fully saturated rings.